The van der Waals surface area contributed by atoms with E-state index in [2.05, 4.69) is 41.9 Å². The number of methoxy groups -OCH3 is 2. The van der Waals surface area contributed by atoms with E-state index in [4.69, 9.17) is 19.2 Å². The maximum atomic E-state index is 14.0. The highest BCUT2D eigenvalue weighted by molar-refractivity contribution is 9.10. The predicted molar refractivity (Wildman–Crippen MR) is 157 cm³/mol. The third-order valence-electron chi connectivity index (χ3n) is 6.56. The van der Waals surface area contributed by atoms with Gasteiger partial charge in [-0.15, -0.1) is 0 Å². The van der Waals surface area contributed by atoms with Crippen LogP contribution in [0.4, 0.5) is 0 Å². The van der Waals surface area contributed by atoms with E-state index in [0.29, 0.717) is 48.9 Å². The topological polar surface area (TPSA) is 79.1 Å². The number of allylic oxidation sites excluding steroid dienone is 1. The molecule has 2 heterocycles. The first kappa shape index (κ1) is 28.8. The molecular formula is C30H33BrN2O5S. The smallest absolute Gasteiger partial charge is 0.338 e. The Balaban J connectivity index is 1.97. The van der Waals surface area contributed by atoms with Crippen LogP contribution in [-0.2, 0) is 9.53 Å². The molecule has 39 heavy (non-hydrogen) atoms. The highest BCUT2D eigenvalue weighted by Gasteiger charge is 2.34. The zero-order valence-corrected chi connectivity index (χ0v) is 25.4. The van der Waals surface area contributed by atoms with Gasteiger partial charge in [0.25, 0.3) is 5.56 Å². The molecule has 1 aliphatic rings. The molecule has 1 aromatic heterocycles. The molecule has 1 aliphatic heterocycles. The van der Waals surface area contributed by atoms with Gasteiger partial charge in [-0.2, -0.15) is 0 Å². The summed E-state index contributed by atoms with van der Waals surface area (Å²) >= 11 is 4.83. The van der Waals surface area contributed by atoms with Crippen LogP contribution in [0.1, 0.15) is 69.2 Å². The number of carbonyl (C=O) groups is 1. The van der Waals surface area contributed by atoms with Crippen LogP contribution in [0.2, 0.25) is 0 Å². The summed E-state index contributed by atoms with van der Waals surface area (Å²) in [5, 5.41) is 0. The fourth-order valence-corrected chi connectivity index (χ4v) is 6.31. The zero-order chi connectivity index (χ0) is 28.3. The molecule has 0 saturated heterocycles. The Morgan fingerprint density at radius 3 is 2.46 bits per heavy atom. The highest BCUT2D eigenvalue weighted by atomic mass is 79.9. The fourth-order valence-electron chi connectivity index (χ4n) is 4.67. The van der Waals surface area contributed by atoms with Gasteiger partial charge in [0.1, 0.15) is 0 Å². The molecule has 0 aliphatic carbocycles. The number of rotatable bonds is 9. The summed E-state index contributed by atoms with van der Waals surface area (Å²) in [5.74, 6) is 1.03. The molecule has 9 heteroatoms. The van der Waals surface area contributed by atoms with E-state index in [1.165, 1.54) is 16.9 Å². The number of aromatic nitrogens is 1. The van der Waals surface area contributed by atoms with Gasteiger partial charge in [-0.3, -0.25) is 9.36 Å². The predicted octanol–water partition coefficient (Wildman–Crippen LogP) is 5.48. The second-order valence-electron chi connectivity index (χ2n) is 9.47. The molecule has 0 saturated carbocycles. The molecule has 0 unspecified atom stereocenters. The average Bonchev–Trinajstić information content (AvgIpc) is 3.22. The number of nitrogens with zero attached hydrogens (tertiary/aromatic N) is 2. The van der Waals surface area contributed by atoms with Crippen LogP contribution < -0.4 is 24.4 Å². The number of esters is 1. The number of benzene rings is 2. The number of thiazole rings is 1. The Morgan fingerprint density at radius 1 is 1.15 bits per heavy atom. The lowest BCUT2D eigenvalue weighted by atomic mass is 9.92. The molecule has 4 rings (SSSR count). The molecule has 3 aromatic rings. The molecule has 0 fully saturated rings. The van der Waals surface area contributed by atoms with Gasteiger partial charge in [0.15, 0.2) is 16.3 Å². The van der Waals surface area contributed by atoms with Crippen molar-refractivity contribution in [1.29, 1.82) is 0 Å². The number of fused-ring (bicyclic) bond motifs is 1. The number of halogens is 1. The SMILES string of the molecule is CCCC1=C(C(=O)OCC)[C@@H](c2ccc(C(C)C)cc2)n2c(s/c(=C\c3cc(Br)c(OC)c(OC)c3)c2=O)=N1. The van der Waals surface area contributed by atoms with E-state index >= 15 is 0 Å². The first-order chi connectivity index (χ1) is 18.7. The van der Waals surface area contributed by atoms with Gasteiger partial charge in [-0.25, -0.2) is 9.79 Å². The summed E-state index contributed by atoms with van der Waals surface area (Å²) in [7, 11) is 3.14. The molecule has 0 spiro atoms. The van der Waals surface area contributed by atoms with Crippen LogP contribution in [0, 0.1) is 0 Å². The summed E-state index contributed by atoms with van der Waals surface area (Å²) in [5.41, 5.74) is 3.65. The fraction of sp³-hybridized carbons (Fsp3) is 0.367. The lowest BCUT2D eigenvalue weighted by molar-refractivity contribution is -0.139. The van der Waals surface area contributed by atoms with Gasteiger partial charge in [-0.05, 0) is 70.1 Å². The van der Waals surface area contributed by atoms with Gasteiger partial charge in [0.2, 0.25) is 0 Å². The van der Waals surface area contributed by atoms with Crippen LogP contribution >= 0.6 is 27.3 Å². The van der Waals surface area contributed by atoms with Crippen LogP contribution in [0.15, 0.2) is 61.9 Å². The maximum Gasteiger partial charge on any atom is 0.338 e. The molecule has 0 radical (unpaired) electrons. The Bertz CT molecular complexity index is 1580. The standard InChI is InChI=1S/C30H33BrN2O5S/c1-7-9-22-25(29(35)38-8-2)26(20-12-10-19(11-13-20)17(3)4)33-28(34)24(39-30(33)32-22)16-18-14-21(31)27(37-6)23(15-18)36-5/h10-17,26H,7-9H2,1-6H3/b24-16-/t26-/m1/s1. The zero-order valence-electron chi connectivity index (χ0n) is 23.0. The number of ether oxygens (including phenoxy) is 3. The lowest BCUT2D eigenvalue weighted by Gasteiger charge is -2.26. The number of carbonyl (C=O) groups excluding carboxylic acids is 1. The van der Waals surface area contributed by atoms with Crippen molar-refractivity contribution in [3.63, 3.8) is 0 Å². The Kier molecular flexibility index (Phi) is 9.12. The van der Waals surface area contributed by atoms with Crippen molar-refractivity contribution in [1.82, 2.24) is 4.57 Å². The van der Waals surface area contributed by atoms with Gasteiger partial charge in [0.05, 0.1) is 47.1 Å². The molecule has 0 amide bonds. The normalized spacial score (nSPS) is 15.3. The third kappa shape index (κ3) is 5.75. The van der Waals surface area contributed by atoms with Crippen LogP contribution in [0.3, 0.4) is 0 Å². The van der Waals surface area contributed by atoms with E-state index in [1.807, 2.05) is 37.3 Å². The van der Waals surface area contributed by atoms with Gasteiger partial charge in [0, 0.05) is 0 Å². The average molecular weight is 614 g/mol. The summed E-state index contributed by atoms with van der Waals surface area (Å²) in [6.07, 6.45) is 3.21. The Hall–Kier alpha value is -3.17. The van der Waals surface area contributed by atoms with Crippen molar-refractivity contribution in [2.75, 3.05) is 20.8 Å². The van der Waals surface area contributed by atoms with Crippen LogP contribution in [-0.4, -0.2) is 31.4 Å². The minimum Gasteiger partial charge on any atom is -0.493 e. The first-order valence-corrected chi connectivity index (χ1v) is 14.6. The van der Waals surface area contributed by atoms with Crippen molar-refractivity contribution in [3.8, 4) is 11.5 Å². The molecule has 7 nitrogen and oxygen atoms in total. The van der Waals surface area contributed by atoms with Crippen molar-refractivity contribution < 1.29 is 19.0 Å². The molecule has 206 valence electrons. The molecule has 0 bridgehead atoms. The Morgan fingerprint density at radius 2 is 1.87 bits per heavy atom. The minimum atomic E-state index is -0.637. The van der Waals surface area contributed by atoms with Crippen molar-refractivity contribution in [2.45, 2.75) is 52.5 Å². The lowest BCUT2D eigenvalue weighted by Crippen LogP contribution is -2.40. The molecule has 2 aromatic carbocycles. The van der Waals surface area contributed by atoms with E-state index in [0.717, 1.165) is 17.5 Å². The van der Waals surface area contributed by atoms with Crippen LogP contribution in [0.25, 0.3) is 6.08 Å². The third-order valence-corrected chi connectivity index (χ3v) is 8.14. The molecule has 1 atom stereocenters. The van der Waals surface area contributed by atoms with E-state index in [-0.39, 0.29) is 12.2 Å². The summed E-state index contributed by atoms with van der Waals surface area (Å²) in [6.45, 7) is 8.32. The Labute approximate surface area is 240 Å². The highest BCUT2D eigenvalue weighted by Crippen LogP contribution is 2.37. The largest absolute Gasteiger partial charge is 0.493 e. The second kappa shape index (κ2) is 12.3. The number of hydrogen-bond donors (Lipinski definition) is 0. The van der Waals surface area contributed by atoms with Gasteiger partial charge >= 0.3 is 5.97 Å². The van der Waals surface area contributed by atoms with E-state index in [9.17, 15) is 9.59 Å². The maximum absolute atomic E-state index is 14.0. The van der Waals surface area contributed by atoms with E-state index in [1.54, 1.807) is 25.7 Å². The number of hydrogen-bond acceptors (Lipinski definition) is 7. The molecular weight excluding hydrogens is 580 g/mol. The first-order valence-electron chi connectivity index (χ1n) is 13.0. The van der Waals surface area contributed by atoms with Crippen molar-refractivity contribution in [3.05, 3.63) is 88.5 Å². The van der Waals surface area contributed by atoms with Crippen LogP contribution in [0.5, 0.6) is 11.5 Å². The van der Waals surface area contributed by atoms with E-state index < -0.39 is 12.0 Å². The molecule has 0 N–H and O–H groups in total. The second-order valence-corrected chi connectivity index (χ2v) is 11.3. The van der Waals surface area contributed by atoms with Gasteiger partial charge < -0.3 is 14.2 Å². The summed E-state index contributed by atoms with van der Waals surface area (Å²) in [6, 6.07) is 11.2. The quantitative estimate of drug-likeness (QED) is 0.299. The van der Waals surface area contributed by atoms with Crippen molar-refractivity contribution in [2.24, 2.45) is 4.99 Å². The van der Waals surface area contributed by atoms with Crippen molar-refractivity contribution >= 4 is 39.3 Å². The monoisotopic (exact) mass is 612 g/mol. The van der Waals surface area contributed by atoms with Gasteiger partial charge in [-0.1, -0.05) is 62.8 Å². The summed E-state index contributed by atoms with van der Waals surface area (Å²) in [4.78, 5) is 32.7. The summed E-state index contributed by atoms with van der Waals surface area (Å²) < 4.78 is 19.2. The minimum absolute atomic E-state index is 0.222.